The van der Waals surface area contributed by atoms with Gasteiger partial charge < -0.3 is 15.0 Å². The second-order valence-corrected chi connectivity index (χ2v) is 7.81. The number of amides is 1. The molecule has 142 valence electrons. The molecule has 0 unspecified atom stereocenters. The van der Waals surface area contributed by atoms with Crippen LogP contribution in [0, 0.1) is 0 Å². The highest BCUT2D eigenvalue weighted by molar-refractivity contribution is 5.69. The van der Waals surface area contributed by atoms with E-state index in [2.05, 4.69) is 65.7 Å². The fourth-order valence-corrected chi connectivity index (χ4v) is 4.12. The van der Waals surface area contributed by atoms with Gasteiger partial charge in [0.2, 0.25) is 0 Å². The zero-order chi connectivity index (χ0) is 18.6. The Morgan fingerprint density at radius 3 is 2.26 bits per heavy atom. The van der Waals surface area contributed by atoms with Gasteiger partial charge in [-0.25, -0.2) is 4.79 Å². The lowest BCUT2D eigenvalue weighted by Gasteiger charge is -2.20. The highest BCUT2D eigenvalue weighted by Gasteiger charge is 2.22. The van der Waals surface area contributed by atoms with Gasteiger partial charge in [-0.1, -0.05) is 48.5 Å². The molecule has 2 saturated heterocycles. The molecule has 2 aliphatic heterocycles. The monoisotopic (exact) mass is 364 g/mol. The van der Waals surface area contributed by atoms with E-state index in [1.807, 2.05) is 0 Å². The lowest BCUT2D eigenvalue weighted by molar-refractivity contribution is 0.177. The average Bonchev–Trinajstić information content (AvgIpc) is 3.29. The molecule has 0 saturated carbocycles. The van der Waals surface area contributed by atoms with Gasteiger partial charge in [0, 0.05) is 12.6 Å². The van der Waals surface area contributed by atoms with Crippen molar-refractivity contribution in [2.45, 2.75) is 44.7 Å². The van der Waals surface area contributed by atoms with E-state index in [0.717, 1.165) is 25.4 Å². The van der Waals surface area contributed by atoms with E-state index in [9.17, 15) is 4.79 Å². The number of benzene rings is 2. The van der Waals surface area contributed by atoms with Gasteiger partial charge in [0.15, 0.2) is 0 Å². The van der Waals surface area contributed by atoms with Crippen molar-refractivity contribution in [2.24, 2.45) is 0 Å². The van der Waals surface area contributed by atoms with E-state index in [0.29, 0.717) is 6.61 Å². The summed E-state index contributed by atoms with van der Waals surface area (Å²) in [6, 6.07) is 18.4. The molecule has 1 amide bonds. The summed E-state index contributed by atoms with van der Waals surface area (Å²) in [6.07, 6.45) is 4.31. The first kappa shape index (κ1) is 18.1. The number of hydrogen-bond acceptors (Lipinski definition) is 3. The Morgan fingerprint density at radius 1 is 1.04 bits per heavy atom. The summed E-state index contributed by atoms with van der Waals surface area (Å²) in [7, 11) is 0. The van der Waals surface area contributed by atoms with Crippen LogP contribution in [0.15, 0.2) is 48.5 Å². The van der Waals surface area contributed by atoms with Crippen LogP contribution in [0.4, 0.5) is 4.79 Å². The SMILES string of the molecule is C[C@@H]1CCCN1CCc1ccc(-c2ccc(C[C@@H]3COC(=O)N3)cc2)cc1. The highest BCUT2D eigenvalue weighted by atomic mass is 16.6. The molecule has 2 aromatic rings. The quantitative estimate of drug-likeness (QED) is 0.841. The van der Waals surface area contributed by atoms with Gasteiger partial charge in [-0.15, -0.1) is 0 Å². The van der Waals surface area contributed by atoms with Crippen LogP contribution in [0.2, 0.25) is 0 Å². The molecule has 2 fully saturated rings. The third-order valence-electron chi connectivity index (χ3n) is 5.84. The first-order valence-electron chi connectivity index (χ1n) is 10.0. The molecule has 0 aromatic heterocycles. The molecule has 2 aromatic carbocycles. The van der Waals surface area contributed by atoms with Crippen molar-refractivity contribution in [3.63, 3.8) is 0 Å². The molecule has 4 nitrogen and oxygen atoms in total. The van der Waals surface area contributed by atoms with Gasteiger partial charge in [0.25, 0.3) is 0 Å². The van der Waals surface area contributed by atoms with Crippen LogP contribution >= 0.6 is 0 Å². The maximum absolute atomic E-state index is 11.1. The Labute approximate surface area is 161 Å². The van der Waals surface area contributed by atoms with Crippen molar-refractivity contribution in [3.8, 4) is 11.1 Å². The van der Waals surface area contributed by atoms with Crippen LogP contribution in [0.5, 0.6) is 0 Å². The number of nitrogens with one attached hydrogen (secondary N) is 1. The molecule has 0 aliphatic carbocycles. The molecule has 0 bridgehead atoms. The summed E-state index contributed by atoms with van der Waals surface area (Å²) in [5.74, 6) is 0. The van der Waals surface area contributed by atoms with E-state index in [-0.39, 0.29) is 12.1 Å². The fourth-order valence-electron chi connectivity index (χ4n) is 4.12. The minimum atomic E-state index is -0.309. The predicted molar refractivity (Wildman–Crippen MR) is 108 cm³/mol. The van der Waals surface area contributed by atoms with Crippen molar-refractivity contribution in [3.05, 3.63) is 59.7 Å². The first-order valence-corrected chi connectivity index (χ1v) is 10.0. The maximum atomic E-state index is 11.1. The van der Waals surface area contributed by atoms with Gasteiger partial charge >= 0.3 is 6.09 Å². The Bertz CT molecular complexity index is 770. The van der Waals surface area contributed by atoms with E-state index in [1.54, 1.807) is 0 Å². The largest absolute Gasteiger partial charge is 0.447 e. The topological polar surface area (TPSA) is 41.6 Å². The number of alkyl carbamates (subject to hydrolysis) is 1. The Hall–Kier alpha value is -2.33. The number of nitrogens with zero attached hydrogens (tertiary/aromatic N) is 1. The van der Waals surface area contributed by atoms with Crippen molar-refractivity contribution < 1.29 is 9.53 Å². The zero-order valence-electron chi connectivity index (χ0n) is 16.0. The van der Waals surface area contributed by atoms with Crippen LogP contribution in [0.3, 0.4) is 0 Å². The molecule has 2 aliphatic rings. The second-order valence-electron chi connectivity index (χ2n) is 7.81. The van der Waals surface area contributed by atoms with Crippen LogP contribution in [0.1, 0.15) is 30.9 Å². The van der Waals surface area contributed by atoms with Crippen molar-refractivity contribution >= 4 is 6.09 Å². The molecule has 0 spiro atoms. The minimum Gasteiger partial charge on any atom is -0.447 e. The Kier molecular flexibility index (Phi) is 5.44. The van der Waals surface area contributed by atoms with Crippen molar-refractivity contribution in [1.29, 1.82) is 0 Å². The summed E-state index contributed by atoms with van der Waals surface area (Å²) in [4.78, 5) is 13.7. The molecule has 4 heteroatoms. The van der Waals surface area contributed by atoms with Crippen molar-refractivity contribution in [2.75, 3.05) is 19.7 Å². The maximum Gasteiger partial charge on any atom is 0.407 e. The molecule has 27 heavy (non-hydrogen) atoms. The third-order valence-corrected chi connectivity index (χ3v) is 5.84. The summed E-state index contributed by atoms with van der Waals surface area (Å²) in [6.45, 7) is 5.21. The van der Waals surface area contributed by atoms with Gasteiger partial charge in [0.1, 0.15) is 6.61 Å². The van der Waals surface area contributed by atoms with Crippen molar-refractivity contribution in [1.82, 2.24) is 10.2 Å². The molecule has 2 heterocycles. The van der Waals surface area contributed by atoms with Crippen LogP contribution < -0.4 is 5.32 Å². The normalized spacial score (nSPS) is 22.6. The molecule has 0 radical (unpaired) electrons. The van der Waals surface area contributed by atoms with Crippen LogP contribution in [-0.2, 0) is 17.6 Å². The number of carbonyl (C=O) groups excluding carboxylic acids is 1. The Morgan fingerprint density at radius 2 is 1.70 bits per heavy atom. The van der Waals surface area contributed by atoms with Gasteiger partial charge in [-0.05, 0) is 61.4 Å². The van der Waals surface area contributed by atoms with E-state index >= 15 is 0 Å². The number of ether oxygens (including phenoxy) is 1. The number of rotatable bonds is 6. The second kappa shape index (κ2) is 8.13. The van der Waals surface area contributed by atoms with E-state index in [4.69, 9.17) is 4.74 Å². The summed E-state index contributed by atoms with van der Waals surface area (Å²) < 4.78 is 4.95. The number of carbonyl (C=O) groups is 1. The molecule has 1 N–H and O–H groups in total. The van der Waals surface area contributed by atoms with Gasteiger partial charge in [-0.3, -0.25) is 0 Å². The highest BCUT2D eigenvalue weighted by Crippen LogP contribution is 2.22. The van der Waals surface area contributed by atoms with Gasteiger partial charge in [0.05, 0.1) is 6.04 Å². The molecule has 2 atom stereocenters. The standard InChI is InChI=1S/C23H28N2O2/c1-17-3-2-13-25(17)14-12-18-4-8-20(9-5-18)21-10-6-19(7-11-21)15-22-16-27-23(26)24-22/h4-11,17,22H,2-3,12-16H2,1H3,(H,24,26)/t17-,22-/m1/s1. The first-order chi connectivity index (χ1) is 13.2. The summed E-state index contributed by atoms with van der Waals surface area (Å²) >= 11 is 0. The lowest BCUT2D eigenvalue weighted by Crippen LogP contribution is -2.28. The minimum absolute atomic E-state index is 0.0842. The third kappa shape index (κ3) is 4.51. The fraction of sp³-hybridized carbons (Fsp3) is 0.435. The van der Waals surface area contributed by atoms with Crippen LogP contribution in [-0.4, -0.2) is 42.8 Å². The number of cyclic esters (lactones) is 1. The molecular weight excluding hydrogens is 336 g/mol. The van der Waals surface area contributed by atoms with E-state index < -0.39 is 0 Å². The molecule has 4 rings (SSSR count). The zero-order valence-corrected chi connectivity index (χ0v) is 16.0. The Balaban J connectivity index is 1.33. The summed E-state index contributed by atoms with van der Waals surface area (Å²) in [5.41, 5.74) is 5.10. The summed E-state index contributed by atoms with van der Waals surface area (Å²) in [5, 5.41) is 2.83. The van der Waals surface area contributed by atoms with Crippen LogP contribution in [0.25, 0.3) is 11.1 Å². The van der Waals surface area contributed by atoms with E-state index in [1.165, 1.54) is 41.6 Å². The number of hydrogen-bond donors (Lipinski definition) is 1. The lowest BCUT2D eigenvalue weighted by atomic mass is 9.99. The smallest absolute Gasteiger partial charge is 0.407 e. The number of likely N-dealkylation sites (tertiary alicyclic amines) is 1. The predicted octanol–water partition coefficient (Wildman–Crippen LogP) is 4.03. The van der Waals surface area contributed by atoms with Gasteiger partial charge in [-0.2, -0.15) is 0 Å². The molecular formula is C23H28N2O2. The average molecular weight is 364 g/mol.